The Morgan fingerprint density at radius 2 is 1.63 bits per heavy atom. The van der Waals surface area contributed by atoms with E-state index in [0.717, 1.165) is 5.32 Å². The monoisotopic (exact) mass is 453 g/mol. The van der Waals surface area contributed by atoms with E-state index < -0.39 is 64.1 Å². The number of anilines is 1. The van der Waals surface area contributed by atoms with Gasteiger partial charge in [0.2, 0.25) is 5.91 Å². The number of alkyl halides is 8. The van der Waals surface area contributed by atoms with Gasteiger partial charge in [-0.1, -0.05) is 0 Å². The molecule has 0 fully saturated rings. The summed E-state index contributed by atoms with van der Waals surface area (Å²) >= 11 is 0. The predicted octanol–water partition coefficient (Wildman–Crippen LogP) is 2.62. The second-order valence-electron chi connectivity index (χ2n) is 5.74. The number of carbonyl (C=O) groups is 2. The molecule has 0 aliphatic heterocycles. The van der Waals surface area contributed by atoms with Crippen molar-refractivity contribution in [1.82, 2.24) is 5.32 Å². The van der Waals surface area contributed by atoms with Crippen LogP contribution in [0.5, 0.6) is 0 Å². The second kappa shape index (κ2) is 8.37. The number of nitrogens with zero attached hydrogens (tertiary/aromatic N) is 1. The van der Waals surface area contributed by atoms with Gasteiger partial charge in [-0.2, -0.15) is 35.1 Å². The van der Waals surface area contributed by atoms with E-state index in [1.807, 2.05) is 0 Å². The summed E-state index contributed by atoms with van der Waals surface area (Å²) in [7, 11) is 0. The summed E-state index contributed by atoms with van der Waals surface area (Å²) in [5.41, 5.74) is -3.96. The third-order valence-electron chi connectivity index (χ3n) is 3.46. The largest absolute Gasteiger partial charge is 0.463 e. The minimum Gasteiger partial charge on any atom is -0.391 e. The molecule has 1 rings (SSSR count). The van der Waals surface area contributed by atoms with Gasteiger partial charge in [0.1, 0.15) is 11.6 Å². The number of hydrogen-bond acceptors (Lipinski definition) is 5. The minimum atomic E-state index is -6.32. The maximum atomic E-state index is 13.0. The molecule has 1 aromatic carbocycles. The van der Waals surface area contributed by atoms with Crippen LogP contribution >= 0.6 is 0 Å². The fourth-order valence-electron chi connectivity index (χ4n) is 1.99. The average molecular weight is 453 g/mol. The Hall–Kier alpha value is -3.04. The van der Waals surface area contributed by atoms with E-state index >= 15 is 0 Å². The van der Waals surface area contributed by atoms with Gasteiger partial charge in [-0.05, 0) is 19.1 Å². The number of rotatable bonds is 6. The molecular weight excluding hydrogens is 442 g/mol. The maximum Gasteiger partial charge on any atom is 0.463 e. The standard InChI is InChI=1S/C14H11F8N3O5/c1-5(26)9(24-11(28)12(15,16)14(20,21)22)10(27)23-6-2-3-8(25(29)30)7(4-6)13(17,18)19/h2-5,9,26H,1H3,(H,23,27)(H,24,28). The first-order chi connectivity index (χ1) is 13.4. The minimum absolute atomic E-state index is 0.0985. The molecule has 1 aromatic rings. The first-order valence-electron chi connectivity index (χ1n) is 7.49. The Bertz CT molecular complexity index is 838. The second-order valence-corrected chi connectivity index (χ2v) is 5.74. The Balaban J connectivity index is 3.16. The van der Waals surface area contributed by atoms with E-state index in [2.05, 4.69) is 0 Å². The Morgan fingerprint density at radius 3 is 2.03 bits per heavy atom. The van der Waals surface area contributed by atoms with Gasteiger partial charge >= 0.3 is 24.2 Å². The van der Waals surface area contributed by atoms with Gasteiger partial charge < -0.3 is 15.7 Å². The van der Waals surface area contributed by atoms with E-state index in [-0.39, 0.29) is 6.07 Å². The summed E-state index contributed by atoms with van der Waals surface area (Å²) in [5, 5.41) is 22.7. The summed E-state index contributed by atoms with van der Waals surface area (Å²) in [5.74, 6) is -10.6. The van der Waals surface area contributed by atoms with E-state index in [9.17, 15) is 59.9 Å². The zero-order chi connectivity index (χ0) is 23.7. The van der Waals surface area contributed by atoms with Crippen LogP contribution in [0, 0.1) is 10.1 Å². The van der Waals surface area contributed by atoms with Gasteiger partial charge in [-0.25, -0.2) is 0 Å². The highest BCUT2D eigenvalue weighted by molar-refractivity contribution is 5.98. The quantitative estimate of drug-likeness (QED) is 0.347. The molecule has 30 heavy (non-hydrogen) atoms. The number of halogens is 8. The van der Waals surface area contributed by atoms with Gasteiger partial charge in [0.25, 0.3) is 5.69 Å². The highest BCUT2D eigenvalue weighted by atomic mass is 19.4. The maximum absolute atomic E-state index is 13.0. The molecule has 0 saturated carbocycles. The lowest BCUT2D eigenvalue weighted by molar-refractivity contribution is -0.388. The van der Waals surface area contributed by atoms with Crippen molar-refractivity contribution in [1.29, 1.82) is 0 Å². The van der Waals surface area contributed by atoms with Crippen LogP contribution in [-0.2, 0) is 15.8 Å². The predicted molar refractivity (Wildman–Crippen MR) is 81.3 cm³/mol. The Morgan fingerprint density at radius 1 is 1.10 bits per heavy atom. The van der Waals surface area contributed by atoms with Gasteiger partial charge in [0.05, 0.1) is 11.0 Å². The first kappa shape index (κ1) is 25.0. The summed E-state index contributed by atoms with van der Waals surface area (Å²) in [6, 6.07) is -1.38. The third kappa shape index (κ3) is 5.52. The molecule has 0 saturated heterocycles. The smallest absolute Gasteiger partial charge is 0.391 e. The van der Waals surface area contributed by atoms with Crippen LogP contribution in [0.3, 0.4) is 0 Å². The number of aliphatic hydroxyl groups excluding tert-OH is 1. The number of hydrogen-bond donors (Lipinski definition) is 3. The number of carbonyl (C=O) groups excluding carboxylic acids is 2. The van der Waals surface area contributed by atoms with Crippen LogP contribution in [0.2, 0.25) is 0 Å². The lowest BCUT2D eigenvalue weighted by Crippen LogP contribution is -2.58. The van der Waals surface area contributed by atoms with Crippen molar-refractivity contribution in [3.8, 4) is 0 Å². The summed E-state index contributed by atoms with van der Waals surface area (Å²) in [6.07, 6.45) is -13.6. The number of amides is 2. The van der Waals surface area contributed by atoms with Crippen molar-refractivity contribution >= 4 is 23.2 Å². The number of aliphatic hydroxyl groups is 1. The molecule has 0 aliphatic rings. The molecule has 0 heterocycles. The summed E-state index contributed by atoms with van der Waals surface area (Å²) < 4.78 is 101. The molecular formula is C14H11F8N3O5. The molecule has 2 unspecified atom stereocenters. The molecule has 168 valence electrons. The van der Waals surface area contributed by atoms with E-state index in [1.165, 1.54) is 0 Å². The Kier molecular flexibility index (Phi) is 6.97. The van der Waals surface area contributed by atoms with Gasteiger partial charge in [0, 0.05) is 11.8 Å². The van der Waals surface area contributed by atoms with E-state index in [4.69, 9.17) is 0 Å². The summed E-state index contributed by atoms with van der Waals surface area (Å²) in [6.45, 7) is 0.716. The van der Waals surface area contributed by atoms with Crippen LogP contribution in [0.4, 0.5) is 46.5 Å². The zero-order valence-corrected chi connectivity index (χ0v) is 14.4. The molecule has 0 spiro atoms. The lowest BCUT2D eigenvalue weighted by atomic mass is 10.1. The van der Waals surface area contributed by atoms with Crippen molar-refractivity contribution in [2.45, 2.75) is 37.3 Å². The fourth-order valence-corrected chi connectivity index (χ4v) is 1.99. The van der Waals surface area contributed by atoms with Crippen molar-refractivity contribution < 1.29 is 54.7 Å². The molecule has 0 radical (unpaired) electrons. The molecule has 3 N–H and O–H groups in total. The highest BCUT2D eigenvalue weighted by Gasteiger charge is 2.63. The molecule has 16 heteroatoms. The third-order valence-corrected chi connectivity index (χ3v) is 3.46. The Labute approximate surface area is 161 Å². The number of benzene rings is 1. The van der Waals surface area contributed by atoms with E-state index in [0.29, 0.717) is 19.1 Å². The zero-order valence-electron chi connectivity index (χ0n) is 14.4. The van der Waals surface area contributed by atoms with Crippen LogP contribution in [0.25, 0.3) is 0 Å². The fraction of sp³-hybridized carbons (Fsp3) is 0.429. The molecule has 2 amide bonds. The molecule has 0 aromatic heterocycles. The number of nitrogens with one attached hydrogen (secondary N) is 2. The van der Waals surface area contributed by atoms with Crippen LogP contribution in [0.1, 0.15) is 12.5 Å². The van der Waals surface area contributed by atoms with Gasteiger partial charge in [-0.15, -0.1) is 0 Å². The number of nitro groups is 1. The van der Waals surface area contributed by atoms with Crippen LogP contribution in [-0.4, -0.2) is 46.1 Å². The molecule has 2 atom stereocenters. The topological polar surface area (TPSA) is 122 Å². The van der Waals surface area contributed by atoms with Gasteiger partial charge in [0.15, 0.2) is 0 Å². The van der Waals surface area contributed by atoms with E-state index in [1.54, 1.807) is 5.32 Å². The van der Waals surface area contributed by atoms with Crippen LogP contribution in [0.15, 0.2) is 18.2 Å². The van der Waals surface area contributed by atoms with Crippen molar-refractivity contribution in [3.05, 3.63) is 33.9 Å². The number of nitro benzene ring substituents is 1. The lowest BCUT2D eigenvalue weighted by Gasteiger charge is -2.24. The highest BCUT2D eigenvalue weighted by Crippen LogP contribution is 2.38. The van der Waals surface area contributed by atoms with Crippen LogP contribution < -0.4 is 10.6 Å². The van der Waals surface area contributed by atoms with Crippen molar-refractivity contribution in [2.24, 2.45) is 0 Å². The molecule has 8 nitrogen and oxygen atoms in total. The first-order valence-corrected chi connectivity index (χ1v) is 7.49. The SMILES string of the molecule is CC(O)C(NC(=O)C(F)(F)C(F)(F)F)C(=O)Nc1ccc([N+](=O)[O-])c(C(F)(F)F)c1. The summed E-state index contributed by atoms with van der Waals surface area (Å²) in [4.78, 5) is 32.5. The molecule has 0 bridgehead atoms. The van der Waals surface area contributed by atoms with Crippen molar-refractivity contribution in [2.75, 3.05) is 5.32 Å². The molecule has 0 aliphatic carbocycles. The normalized spacial score (nSPS) is 14.6. The average Bonchev–Trinajstić information content (AvgIpc) is 2.56. The van der Waals surface area contributed by atoms with Gasteiger partial charge in [-0.3, -0.25) is 19.7 Å². The van der Waals surface area contributed by atoms with Crippen molar-refractivity contribution in [3.63, 3.8) is 0 Å².